The van der Waals surface area contributed by atoms with E-state index in [0.717, 1.165) is 49.4 Å². The molecule has 1 saturated heterocycles. The van der Waals surface area contributed by atoms with Crippen molar-refractivity contribution in [2.45, 2.75) is 94.9 Å². The second-order valence-corrected chi connectivity index (χ2v) is 11.5. The Morgan fingerprint density at radius 2 is 1.84 bits per heavy atom. The van der Waals surface area contributed by atoms with Gasteiger partial charge in [0.15, 0.2) is 0 Å². The number of rotatable bonds is 11. The first-order valence-corrected chi connectivity index (χ1v) is 14.2. The number of esters is 1. The number of benzene rings is 1. The highest BCUT2D eigenvalue weighted by Crippen LogP contribution is 2.35. The number of carbonyl (C=O) groups is 2. The van der Waals surface area contributed by atoms with E-state index in [4.69, 9.17) is 9.47 Å². The fraction of sp³-hybridized carbons (Fsp3) is 0.704. The summed E-state index contributed by atoms with van der Waals surface area (Å²) in [6.07, 6.45) is -1.94. The molecule has 37 heavy (non-hydrogen) atoms. The summed E-state index contributed by atoms with van der Waals surface area (Å²) in [5.74, 6) is -0.0544. The van der Waals surface area contributed by atoms with Crippen molar-refractivity contribution >= 4 is 23.6 Å². The van der Waals surface area contributed by atoms with E-state index in [-0.39, 0.29) is 24.2 Å². The Labute approximate surface area is 222 Å². The van der Waals surface area contributed by atoms with Gasteiger partial charge in [0, 0.05) is 11.7 Å². The molecule has 0 unspecified atom stereocenters. The van der Waals surface area contributed by atoms with Crippen molar-refractivity contribution in [2.75, 3.05) is 12.4 Å². The molecule has 9 atom stereocenters. The first-order valence-electron chi connectivity index (χ1n) is 13.2. The molecule has 1 aromatic rings. The van der Waals surface area contributed by atoms with Crippen molar-refractivity contribution in [3.05, 3.63) is 35.4 Å². The van der Waals surface area contributed by atoms with E-state index in [1.165, 1.54) is 6.92 Å². The molecule has 1 saturated carbocycles. The van der Waals surface area contributed by atoms with Crippen molar-refractivity contribution in [3.8, 4) is 0 Å². The summed E-state index contributed by atoms with van der Waals surface area (Å²) < 4.78 is 11.2. The van der Waals surface area contributed by atoms with Crippen LogP contribution in [-0.4, -0.2) is 86.7 Å². The van der Waals surface area contributed by atoms with Crippen LogP contribution < -0.4 is 5.32 Å². The Morgan fingerprint density at radius 3 is 2.49 bits per heavy atom. The third-order valence-corrected chi connectivity index (χ3v) is 8.40. The van der Waals surface area contributed by atoms with E-state index >= 15 is 0 Å². The highest BCUT2D eigenvalue weighted by molar-refractivity contribution is 7.99. The number of aliphatic hydroxyl groups excluding tert-OH is 4. The van der Waals surface area contributed by atoms with Crippen LogP contribution in [0.25, 0.3) is 0 Å². The Kier molecular flexibility index (Phi) is 11.2. The lowest BCUT2D eigenvalue weighted by atomic mass is 9.91. The molecule has 0 spiro atoms. The SMILES string of the molecule is CCC[C@H]1CC[C@H](C(=O)N[C@@H]([C@H]2O[C@H](SCCOC(=O)c3ccc(C)cc3)[C@H](O)[C@@H](O)[C@H]2O)[C@@H](C)O)C1. The predicted molar refractivity (Wildman–Crippen MR) is 140 cm³/mol. The van der Waals surface area contributed by atoms with Gasteiger partial charge in [-0.05, 0) is 51.2 Å². The van der Waals surface area contributed by atoms with Crippen LogP contribution in [0.1, 0.15) is 61.9 Å². The van der Waals surface area contributed by atoms with Gasteiger partial charge in [-0.25, -0.2) is 4.79 Å². The molecule has 1 heterocycles. The molecular formula is C27H41NO8S. The second-order valence-electron chi connectivity index (χ2n) is 10.3. The number of aliphatic hydroxyl groups is 4. The molecule has 1 aromatic carbocycles. The zero-order valence-corrected chi connectivity index (χ0v) is 22.6. The van der Waals surface area contributed by atoms with Crippen molar-refractivity contribution in [3.63, 3.8) is 0 Å². The van der Waals surface area contributed by atoms with E-state index in [1.807, 2.05) is 19.1 Å². The topological polar surface area (TPSA) is 146 Å². The van der Waals surface area contributed by atoms with Gasteiger partial charge in [-0.2, -0.15) is 0 Å². The van der Waals surface area contributed by atoms with E-state index in [9.17, 15) is 30.0 Å². The lowest BCUT2D eigenvalue weighted by molar-refractivity contribution is -0.211. The number of thioether (sulfide) groups is 1. The molecule has 10 heteroatoms. The summed E-state index contributed by atoms with van der Waals surface area (Å²) in [6.45, 7) is 5.58. The molecule has 0 aromatic heterocycles. The van der Waals surface area contributed by atoms with Crippen molar-refractivity contribution in [1.29, 1.82) is 0 Å². The lowest BCUT2D eigenvalue weighted by Gasteiger charge is -2.44. The Morgan fingerprint density at radius 1 is 1.14 bits per heavy atom. The monoisotopic (exact) mass is 539 g/mol. The molecule has 1 aliphatic heterocycles. The van der Waals surface area contributed by atoms with E-state index in [1.54, 1.807) is 12.1 Å². The van der Waals surface area contributed by atoms with Crippen molar-refractivity contribution in [1.82, 2.24) is 5.32 Å². The van der Waals surface area contributed by atoms with E-state index in [0.29, 0.717) is 11.5 Å². The maximum absolute atomic E-state index is 13.0. The quantitative estimate of drug-likeness (QED) is 0.210. The lowest BCUT2D eigenvalue weighted by Crippen LogP contribution is -2.65. The number of nitrogens with one attached hydrogen (secondary N) is 1. The summed E-state index contributed by atoms with van der Waals surface area (Å²) >= 11 is 1.12. The second kappa shape index (κ2) is 13.9. The van der Waals surface area contributed by atoms with Crippen LogP contribution in [0.15, 0.2) is 24.3 Å². The minimum absolute atomic E-state index is 0.0461. The number of hydrogen-bond acceptors (Lipinski definition) is 9. The minimum atomic E-state index is -1.54. The van der Waals surface area contributed by atoms with Gasteiger partial charge in [-0.3, -0.25) is 4.79 Å². The van der Waals surface area contributed by atoms with Gasteiger partial charge < -0.3 is 35.2 Å². The van der Waals surface area contributed by atoms with E-state index < -0.39 is 48.0 Å². The smallest absolute Gasteiger partial charge is 0.338 e. The van der Waals surface area contributed by atoms with Crippen LogP contribution in [0, 0.1) is 18.8 Å². The van der Waals surface area contributed by atoms with Crippen LogP contribution in [0.5, 0.6) is 0 Å². The van der Waals surface area contributed by atoms with Gasteiger partial charge in [-0.1, -0.05) is 37.5 Å². The minimum Gasteiger partial charge on any atom is -0.461 e. The largest absolute Gasteiger partial charge is 0.461 e. The average molecular weight is 540 g/mol. The van der Waals surface area contributed by atoms with Crippen LogP contribution >= 0.6 is 11.8 Å². The number of amides is 1. The molecule has 1 aliphatic carbocycles. The van der Waals surface area contributed by atoms with Crippen LogP contribution in [0.3, 0.4) is 0 Å². The molecule has 2 fully saturated rings. The average Bonchev–Trinajstić information content (AvgIpc) is 3.34. The summed E-state index contributed by atoms with van der Waals surface area (Å²) in [6, 6.07) is 6.02. The zero-order chi connectivity index (χ0) is 27.1. The molecule has 1 amide bonds. The Hall–Kier alpha value is -1.69. The maximum Gasteiger partial charge on any atom is 0.338 e. The van der Waals surface area contributed by atoms with E-state index in [2.05, 4.69) is 12.2 Å². The molecule has 2 aliphatic rings. The summed E-state index contributed by atoms with van der Waals surface area (Å²) in [5.41, 5.74) is 0.503. The first kappa shape index (κ1) is 29.9. The van der Waals surface area contributed by atoms with Crippen molar-refractivity contribution in [2.24, 2.45) is 11.8 Å². The number of aryl methyl sites for hydroxylation is 1. The fourth-order valence-electron chi connectivity index (χ4n) is 5.12. The summed E-state index contributed by atoms with van der Waals surface area (Å²) in [4.78, 5) is 25.2. The molecule has 3 rings (SSSR count). The predicted octanol–water partition coefficient (Wildman–Crippen LogP) is 1.77. The number of carbonyl (C=O) groups excluding carboxylic acids is 2. The standard InChI is InChI=1S/C27H41NO8S/c1-4-5-17-8-11-19(14-17)25(33)28-20(16(3)29)24-22(31)21(30)23(32)27(36-24)37-13-12-35-26(34)18-9-6-15(2)7-10-18/h6-7,9-10,16-17,19-24,27,29-32H,4-5,8,11-14H2,1-3H3,(H,28,33)/t16-,17+,19+,20-,21+,22-,23-,24-,27-/m1/s1. The highest BCUT2D eigenvalue weighted by atomic mass is 32.2. The first-order chi connectivity index (χ1) is 17.6. The van der Waals surface area contributed by atoms with Crippen LogP contribution in [-0.2, 0) is 14.3 Å². The van der Waals surface area contributed by atoms with Crippen LogP contribution in [0.2, 0.25) is 0 Å². The molecular weight excluding hydrogens is 498 g/mol. The van der Waals surface area contributed by atoms with Crippen LogP contribution in [0.4, 0.5) is 0 Å². The molecule has 0 radical (unpaired) electrons. The van der Waals surface area contributed by atoms with Gasteiger partial charge >= 0.3 is 5.97 Å². The van der Waals surface area contributed by atoms with Crippen molar-refractivity contribution < 1.29 is 39.5 Å². The molecule has 9 nitrogen and oxygen atoms in total. The number of hydrogen-bond donors (Lipinski definition) is 5. The summed E-state index contributed by atoms with van der Waals surface area (Å²) in [7, 11) is 0. The number of ether oxygens (including phenoxy) is 2. The highest BCUT2D eigenvalue weighted by Gasteiger charge is 2.48. The summed E-state index contributed by atoms with van der Waals surface area (Å²) in [5, 5.41) is 44.9. The molecule has 208 valence electrons. The Bertz CT molecular complexity index is 882. The normalized spacial score (nSPS) is 31.5. The molecule has 0 bridgehead atoms. The molecule has 5 N–H and O–H groups in total. The van der Waals surface area contributed by atoms with Gasteiger partial charge in [0.1, 0.15) is 36.5 Å². The van der Waals surface area contributed by atoms with Gasteiger partial charge in [0.05, 0.1) is 17.7 Å². The van der Waals surface area contributed by atoms with Gasteiger partial charge in [0.25, 0.3) is 0 Å². The van der Waals surface area contributed by atoms with Gasteiger partial charge in [-0.15, -0.1) is 11.8 Å². The third-order valence-electron chi connectivity index (χ3n) is 7.28. The third kappa shape index (κ3) is 7.91. The zero-order valence-electron chi connectivity index (χ0n) is 21.8. The maximum atomic E-state index is 13.0. The fourth-order valence-corrected chi connectivity index (χ4v) is 6.10. The Balaban J connectivity index is 1.56. The van der Waals surface area contributed by atoms with Gasteiger partial charge in [0.2, 0.25) is 5.91 Å².